The van der Waals surface area contributed by atoms with E-state index >= 15 is 0 Å². The summed E-state index contributed by atoms with van der Waals surface area (Å²) in [5.41, 5.74) is 9.56. The summed E-state index contributed by atoms with van der Waals surface area (Å²) in [5.74, 6) is -1.12. The smallest absolute Gasteiger partial charge is 0.304 e. The fraction of sp³-hybridized carbons (Fsp3) is 0.500. The highest BCUT2D eigenvalue weighted by Crippen LogP contribution is 1.71. The molecule has 0 spiro atoms. The SMILES string of the molecule is N=C(N)NNCCC(=O)O. The molecule has 10 heavy (non-hydrogen) atoms. The lowest BCUT2D eigenvalue weighted by atomic mass is 10.4. The maximum Gasteiger partial charge on any atom is 0.304 e. The predicted molar refractivity (Wildman–Crippen MR) is 35.3 cm³/mol. The molecule has 0 radical (unpaired) electrons. The third-order valence-electron chi connectivity index (χ3n) is 0.687. The van der Waals surface area contributed by atoms with Crippen molar-refractivity contribution in [1.82, 2.24) is 10.9 Å². The molecule has 0 aliphatic heterocycles. The number of carbonyl (C=O) groups is 1. The van der Waals surface area contributed by atoms with Crippen LogP contribution in [0.2, 0.25) is 0 Å². The maximum atomic E-state index is 9.89. The van der Waals surface area contributed by atoms with Gasteiger partial charge in [-0.25, -0.2) is 5.43 Å². The number of hydrazine groups is 1. The van der Waals surface area contributed by atoms with Crippen molar-refractivity contribution in [3.8, 4) is 0 Å². The van der Waals surface area contributed by atoms with E-state index in [1.165, 1.54) is 0 Å². The normalized spacial score (nSPS) is 8.80. The molecule has 0 atom stereocenters. The van der Waals surface area contributed by atoms with E-state index in [2.05, 4.69) is 10.9 Å². The highest BCUT2D eigenvalue weighted by molar-refractivity contribution is 5.73. The third kappa shape index (κ3) is 6.70. The summed E-state index contributed by atoms with van der Waals surface area (Å²) in [4.78, 5) is 9.89. The first-order chi connectivity index (χ1) is 4.63. The van der Waals surface area contributed by atoms with Crippen LogP contribution in [0.15, 0.2) is 0 Å². The predicted octanol–water partition coefficient (Wildman–Crippen LogP) is -1.55. The Kier molecular flexibility index (Phi) is 3.97. The topological polar surface area (TPSA) is 111 Å². The summed E-state index contributed by atoms with van der Waals surface area (Å²) in [6, 6.07) is 0. The van der Waals surface area contributed by atoms with Gasteiger partial charge >= 0.3 is 5.97 Å². The Morgan fingerprint density at radius 1 is 1.70 bits per heavy atom. The molecule has 0 aliphatic rings. The molecule has 6 N–H and O–H groups in total. The van der Waals surface area contributed by atoms with E-state index in [1.54, 1.807) is 0 Å². The molecular weight excluding hydrogens is 136 g/mol. The Bertz CT molecular complexity index is 119. The number of rotatable bonds is 4. The number of guanidine groups is 1. The number of hydrogen-bond donors (Lipinski definition) is 5. The summed E-state index contributed by atoms with van der Waals surface area (Å²) in [5, 5.41) is 14.8. The van der Waals surface area contributed by atoms with Crippen LogP contribution in [0.3, 0.4) is 0 Å². The van der Waals surface area contributed by atoms with Crippen LogP contribution in [0.5, 0.6) is 0 Å². The Labute approximate surface area is 57.9 Å². The van der Waals surface area contributed by atoms with E-state index in [0.29, 0.717) is 0 Å². The maximum absolute atomic E-state index is 9.89. The Balaban J connectivity index is 3.06. The van der Waals surface area contributed by atoms with Gasteiger partial charge in [0.25, 0.3) is 0 Å². The molecule has 0 aliphatic carbocycles. The highest BCUT2D eigenvalue weighted by Gasteiger charge is 1.93. The van der Waals surface area contributed by atoms with E-state index in [4.69, 9.17) is 16.2 Å². The van der Waals surface area contributed by atoms with Gasteiger partial charge in [-0.2, -0.15) is 0 Å². The summed E-state index contributed by atoms with van der Waals surface area (Å²) >= 11 is 0. The molecule has 58 valence electrons. The Hall–Kier alpha value is -1.30. The van der Waals surface area contributed by atoms with Crippen LogP contribution in [-0.2, 0) is 4.79 Å². The Morgan fingerprint density at radius 2 is 2.30 bits per heavy atom. The van der Waals surface area contributed by atoms with E-state index in [9.17, 15) is 4.79 Å². The van der Waals surface area contributed by atoms with Gasteiger partial charge in [-0.15, -0.1) is 0 Å². The molecule has 6 heteroatoms. The first kappa shape index (κ1) is 8.70. The molecule has 0 aromatic carbocycles. The van der Waals surface area contributed by atoms with Crippen LogP contribution in [0.1, 0.15) is 6.42 Å². The molecule has 0 aromatic rings. The van der Waals surface area contributed by atoms with E-state index in [1.807, 2.05) is 0 Å². The zero-order valence-corrected chi connectivity index (χ0v) is 5.35. The standard InChI is InChI=1S/C4H10N4O2/c5-4(6)8-7-2-1-3(9)10/h7H,1-2H2,(H,9,10)(H4,5,6,8). The first-order valence-corrected chi connectivity index (χ1v) is 2.67. The fourth-order valence-electron chi connectivity index (χ4n) is 0.327. The van der Waals surface area contributed by atoms with E-state index < -0.39 is 5.97 Å². The van der Waals surface area contributed by atoms with Crippen molar-refractivity contribution in [3.05, 3.63) is 0 Å². The van der Waals surface area contributed by atoms with Crippen molar-refractivity contribution in [2.45, 2.75) is 6.42 Å². The van der Waals surface area contributed by atoms with Crippen LogP contribution < -0.4 is 16.6 Å². The average molecular weight is 146 g/mol. The van der Waals surface area contributed by atoms with Gasteiger partial charge in [0.1, 0.15) is 0 Å². The molecule has 0 amide bonds. The summed E-state index contributed by atoms with van der Waals surface area (Å²) < 4.78 is 0. The van der Waals surface area contributed by atoms with Crippen LogP contribution in [0, 0.1) is 5.41 Å². The van der Waals surface area contributed by atoms with E-state index in [0.717, 1.165) is 0 Å². The van der Waals surface area contributed by atoms with Gasteiger partial charge in [0.15, 0.2) is 5.96 Å². The minimum Gasteiger partial charge on any atom is -0.481 e. The lowest BCUT2D eigenvalue weighted by Gasteiger charge is -2.02. The van der Waals surface area contributed by atoms with Crippen molar-refractivity contribution in [2.24, 2.45) is 5.73 Å². The van der Waals surface area contributed by atoms with Crippen molar-refractivity contribution in [2.75, 3.05) is 6.54 Å². The molecule has 0 unspecified atom stereocenters. The zero-order valence-electron chi connectivity index (χ0n) is 5.35. The molecule has 6 nitrogen and oxygen atoms in total. The zero-order chi connectivity index (χ0) is 7.98. The summed E-state index contributed by atoms with van der Waals surface area (Å²) in [6.45, 7) is 0.245. The first-order valence-electron chi connectivity index (χ1n) is 2.67. The number of carboxylic acid groups (broad SMARTS) is 1. The molecule has 0 heterocycles. The number of nitrogens with one attached hydrogen (secondary N) is 3. The van der Waals surface area contributed by atoms with Gasteiger partial charge in [0.05, 0.1) is 6.42 Å². The molecule has 0 saturated heterocycles. The molecule has 0 aromatic heterocycles. The highest BCUT2D eigenvalue weighted by atomic mass is 16.4. The van der Waals surface area contributed by atoms with Crippen molar-refractivity contribution >= 4 is 11.9 Å². The van der Waals surface area contributed by atoms with Crippen LogP contribution in [-0.4, -0.2) is 23.6 Å². The van der Waals surface area contributed by atoms with Gasteiger partial charge in [0, 0.05) is 6.54 Å². The number of hydrogen-bond acceptors (Lipinski definition) is 3. The largest absolute Gasteiger partial charge is 0.481 e. The number of aliphatic carboxylic acids is 1. The van der Waals surface area contributed by atoms with Gasteiger partial charge in [-0.3, -0.25) is 15.6 Å². The fourth-order valence-corrected chi connectivity index (χ4v) is 0.327. The molecular formula is C4H10N4O2. The second-order valence-corrected chi connectivity index (χ2v) is 1.61. The summed E-state index contributed by atoms with van der Waals surface area (Å²) in [7, 11) is 0. The van der Waals surface area contributed by atoms with Crippen LogP contribution in [0.25, 0.3) is 0 Å². The Morgan fingerprint density at radius 3 is 2.70 bits per heavy atom. The lowest BCUT2D eigenvalue weighted by Crippen LogP contribution is -2.42. The van der Waals surface area contributed by atoms with Gasteiger partial charge in [0.2, 0.25) is 0 Å². The molecule has 0 fully saturated rings. The minimum atomic E-state index is -0.891. The van der Waals surface area contributed by atoms with E-state index in [-0.39, 0.29) is 18.9 Å². The molecule has 0 rings (SSSR count). The third-order valence-corrected chi connectivity index (χ3v) is 0.687. The lowest BCUT2D eigenvalue weighted by molar-refractivity contribution is -0.136. The van der Waals surface area contributed by atoms with Crippen molar-refractivity contribution < 1.29 is 9.90 Å². The molecule has 0 bridgehead atoms. The van der Waals surface area contributed by atoms with Gasteiger partial charge in [-0.1, -0.05) is 0 Å². The summed E-state index contributed by atoms with van der Waals surface area (Å²) in [6.07, 6.45) is 0.000278. The van der Waals surface area contributed by atoms with Gasteiger partial charge < -0.3 is 10.8 Å². The second-order valence-electron chi connectivity index (χ2n) is 1.61. The number of nitrogens with two attached hydrogens (primary N) is 1. The van der Waals surface area contributed by atoms with Gasteiger partial charge in [-0.05, 0) is 0 Å². The molecule has 0 saturated carbocycles. The quantitative estimate of drug-likeness (QED) is 0.143. The van der Waals surface area contributed by atoms with Crippen LogP contribution >= 0.6 is 0 Å². The van der Waals surface area contributed by atoms with Crippen LogP contribution in [0.4, 0.5) is 0 Å². The minimum absolute atomic E-state index is 0.000278. The van der Waals surface area contributed by atoms with Crippen molar-refractivity contribution in [3.63, 3.8) is 0 Å². The number of carboxylic acids is 1. The average Bonchev–Trinajstić information content (AvgIpc) is 1.79. The monoisotopic (exact) mass is 146 g/mol. The van der Waals surface area contributed by atoms with Crippen molar-refractivity contribution in [1.29, 1.82) is 5.41 Å². The second kappa shape index (κ2) is 4.57.